The molecule has 5 nitrogen and oxygen atoms in total. The van der Waals surface area contributed by atoms with Gasteiger partial charge in [-0.15, -0.1) is 0 Å². The molecule has 2 saturated heterocycles. The number of hydrogen-bond acceptors (Lipinski definition) is 4. The van der Waals surface area contributed by atoms with Gasteiger partial charge in [-0.3, -0.25) is 4.79 Å². The van der Waals surface area contributed by atoms with Crippen LogP contribution in [0, 0.1) is 5.92 Å². The Morgan fingerprint density at radius 1 is 1.25 bits per heavy atom. The van der Waals surface area contributed by atoms with Gasteiger partial charge in [0, 0.05) is 12.6 Å². The van der Waals surface area contributed by atoms with Gasteiger partial charge >= 0.3 is 0 Å². The monoisotopic (exact) mass is 282 g/mol. The first kappa shape index (κ1) is 14.3. The summed E-state index contributed by atoms with van der Waals surface area (Å²) in [5.74, 6) is 0.933. The molecule has 1 saturated carbocycles. The number of piperidine rings is 1. The van der Waals surface area contributed by atoms with Crippen molar-refractivity contribution in [3.63, 3.8) is 0 Å². The normalized spacial score (nSPS) is 38.4. The summed E-state index contributed by atoms with van der Waals surface area (Å²) >= 11 is 0. The summed E-state index contributed by atoms with van der Waals surface area (Å²) in [7, 11) is 0. The molecule has 1 amide bonds. The summed E-state index contributed by atoms with van der Waals surface area (Å²) < 4.78 is 5.35. The Hall–Kier alpha value is -0.650. The molecule has 2 heterocycles. The molecule has 2 N–H and O–H groups in total. The van der Waals surface area contributed by atoms with Crippen molar-refractivity contribution in [3.8, 4) is 0 Å². The van der Waals surface area contributed by atoms with E-state index < -0.39 is 0 Å². The van der Waals surface area contributed by atoms with Gasteiger partial charge in [0.1, 0.15) is 0 Å². The number of amides is 1. The standard InChI is InChI=1S/C15H26N2O3/c18-9-12-10-20-8-7-17(12)15(19)14-6-5-11-3-1-2-4-13(11)16-14/h11-14,16,18H,1-10H2. The van der Waals surface area contributed by atoms with E-state index in [4.69, 9.17) is 4.74 Å². The lowest BCUT2D eigenvalue weighted by molar-refractivity contribution is -0.145. The van der Waals surface area contributed by atoms with Crippen molar-refractivity contribution in [1.82, 2.24) is 10.2 Å². The van der Waals surface area contributed by atoms with Crippen LogP contribution in [-0.2, 0) is 9.53 Å². The number of fused-ring (bicyclic) bond motifs is 1. The van der Waals surface area contributed by atoms with E-state index >= 15 is 0 Å². The van der Waals surface area contributed by atoms with Crippen molar-refractivity contribution in [2.45, 2.75) is 56.7 Å². The van der Waals surface area contributed by atoms with Gasteiger partial charge in [-0.25, -0.2) is 0 Å². The topological polar surface area (TPSA) is 61.8 Å². The van der Waals surface area contributed by atoms with Gasteiger partial charge in [-0.1, -0.05) is 12.8 Å². The maximum atomic E-state index is 12.7. The molecule has 0 aromatic carbocycles. The molecule has 3 aliphatic rings. The van der Waals surface area contributed by atoms with Crippen molar-refractivity contribution in [1.29, 1.82) is 0 Å². The van der Waals surface area contributed by atoms with Crippen LogP contribution in [0.2, 0.25) is 0 Å². The van der Waals surface area contributed by atoms with Gasteiger partial charge in [0.15, 0.2) is 0 Å². The lowest BCUT2D eigenvalue weighted by atomic mass is 9.77. The minimum Gasteiger partial charge on any atom is -0.394 e. The predicted molar refractivity (Wildman–Crippen MR) is 75.3 cm³/mol. The summed E-state index contributed by atoms with van der Waals surface area (Å²) in [6.07, 6.45) is 7.26. The van der Waals surface area contributed by atoms with E-state index in [2.05, 4.69) is 5.32 Å². The molecule has 3 fully saturated rings. The molecule has 4 atom stereocenters. The number of ether oxygens (including phenoxy) is 1. The minimum atomic E-state index is -0.165. The molecule has 0 spiro atoms. The van der Waals surface area contributed by atoms with Crippen LogP contribution in [0.4, 0.5) is 0 Å². The average molecular weight is 282 g/mol. The quantitative estimate of drug-likeness (QED) is 0.775. The van der Waals surface area contributed by atoms with Gasteiger partial charge in [-0.2, -0.15) is 0 Å². The van der Waals surface area contributed by atoms with E-state index in [0.717, 1.165) is 12.3 Å². The second kappa shape index (κ2) is 6.41. The van der Waals surface area contributed by atoms with Crippen LogP contribution in [0.1, 0.15) is 38.5 Å². The highest BCUT2D eigenvalue weighted by molar-refractivity contribution is 5.82. The lowest BCUT2D eigenvalue weighted by Gasteiger charge is -2.43. The number of hydrogen-bond donors (Lipinski definition) is 2. The van der Waals surface area contributed by atoms with Crippen LogP contribution in [0.15, 0.2) is 0 Å². The second-order valence-electron chi connectivity index (χ2n) is 6.39. The summed E-state index contributed by atoms with van der Waals surface area (Å²) in [5, 5.41) is 13.0. The molecular formula is C15H26N2O3. The number of aliphatic hydroxyl groups is 1. The van der Waals surface area contributed by atoms with Crippen molar-refractivity contribution in [2.24, 2.45) is 5.92 Å². The Morgan fingerprint density at radius 3 is 2.95 bits per heavy atom. The van der Waals surface area contributed by atoms with Crippen LogP contribution < -0.4 is 5.32 Å². The Balaban J connectivity index is 1.61. The highest BCUT2D eigenvalue weighted by atomic mass is 16.5. The molecule has 2 aliphatic heterocycles. The third-order valence-electron chi connectivity index (χ3n) is 5.17. The van der Waals surface area contributed by atoms with E-state index in [1.807, 2.05) is 4.90 Å². The van der Waals surface area contributed by atoms with Crippen LogP contribution in [0.25, 0.3) is 0 Å². The fraction of sp³-hybridized carbons (Fsp3) is 0.933. The van der Waals surface area contributed by atoms with Gasteiger partial charge in [0.05, 0.1) is 31.9 Å². The lowest BCUT2D eigenvalue weighted by Crippen LogP contribution is -2.60. The molecule has 0 aromatic heterocycles. The first-order valence-electron chi connectivity index (χ1n) is 8.04. The van der Waals surface area contributed by atoms with E-state index in [1.54, 1.807) is 0 Å². The SMILES string of the molecule is O=C(C1CCC2CCCCC2N1)N1CCOCC1CO. The third-order valence-corrected chi connectivity index (χ3v) is 5.17. The number of morpholine rings is 1. The Labute approximate surface area is 120 Å². The summed E-state index contributed by atoms with van der Waals surface area (Å²) in [5.41, 5.74) is 0. The molecule has 114 valence electrons. The number of carbonyl (C=O) groups is 1. The predicted octanol–water partition coefficient (Wildman–Crippen LogP) is 0.517. The summed E-state index contributed by atoms with van der Waals surface area (Å²) in [6, 6.07) is 0.309. The van der Waals surface area contributed by atoms with E-state index in [0.29, 0.717) is 25.8 Å². The largest absolute Gasteiger partial charge is 0.394 e. The molecule has 4 unspecified atom stereocenters. The highest BCUT2D eigenvalue weighted by Gasteiger charge is 2.38. The Kier molecular flexibility index (Phi) is 4.58. The fourth-order valence-corrected chi connectivity index (χ4v) is 3.99. The minimum absolute atomic E-state index is 0.00941. The fourth-order valence-electron chi connectivity index (χ4n) is 3.99. The first-order chi connectivity index (χ1) is 9.79. The Bertz CT molecular complexity index is 350. The zero-order valence-electron chi connectivity index (χ0n) is 12.1. The third kappa shape index (κ3) is 2.85. The second-order valence-corrected chi connectivity index (χ2v) is 6.39. The zero-order chi connectivity index (χ0) is 13.9. The van der Waals surface area contributed by atoms with E-state index in [9.17, 15) is 9.90 Å². The smallest absolute Gasteiger partial charge is 0.240 e. The van der Waals surface area contributed by atoms with Crippen molar-refractivity contribution >= 4 is 5.91 Å². The van der Waals surface area contributed by atoms with Gasteiger partial charge in [0.2, 0.25) is 5.91 Å². The number of aliphatic hydroxyl groups excluding tert-OH is 1. The van der Waals surface area contributed by atoms with Crippen molar-refractivity contribution in [3.05, 3.63) is 0 Å². The summed E-state index contributed by atoms with van der Waals surface area (Å²) in [6.45, 7) is 1.64. The molecule has 20 heavy (non-hydrogen) atoms. The Morgan fingerprint density at radius 2 is 2.10 bits per heavy atom. The van der Waals surface area contributed by atoms with Crippen LogP contribution in [0.3, 0.4) is 0 Å². The first-order valence-corrected chi connectivity index (χ1v) is 8.04. The zero-order valence-corrected chi connectivity index (χ0v) is 12.1. The van der Waals surface area contributed by atoms with Crippen molar-refractivity contribution in [2.75, 3.05) is 26.4 Å². The molecule has 0 bridgehead atoms. The van der Waals surface area contributed by atoms with Gasteiger partial charge in [0.25, 0.3) is 0 Å². The number of nitrogens with one attached hydrogen (secondary N) is 1. The molecule has 5 heteroatoms. The van der Waals surface area contributed by atoms with Gasteiger partial charge in [-0.05, 0) is 31.6 Å². The molecular weight excluding hydrogens is 256 g/mol. The van der Waals surface area contributed by atoms with Crippen LogP contribution >= 0.6 is 0 Å². The van der Waals surface area contributed by atoms with Gasteiger partial charge < -0.3 is 20.1 Å². The van der Waals surface area contributed by atoms with Crippen LogP contribution in [-0.4, -0.2) is 60.4 Å². The summed E-state index contributed by atoms with van der Waals surface area (Å²) in [4.78, 5) is 14.5. The highest BCUT2D eigenvalue weighted by Crippen LogP contribution is 2.32. The average Bonchev–Trinajstić information content (AvgIpc) is 2.53. The molecule has 0 aromatic rings. The maximum absolute atomic E-state index is 12.7. The molecule has 0 radical (unpaired) electrons. The molecule has 3 rings (SSSR count). The molecule has 1 aliphatic carbocycles. The van der Waals surface area contributed by atoms with Crippen LogP contribution in [0.5, 0.6) is 0 Å². The van der Waals surface area contributed by atoms with E-state index in [1.165, 1.54) is 32.1 Å². The maximum Gasteiger partial charge on any atom is 0.240 e. The number of rotatable bonds is 2. The van der Waals surface area contributed by atoms with E-state index in [-0.39, 0.29) is 24.6 Å². The van der Waals surface area contributed by atoms with Crippen molar-refractivity contribution < 1.29 is 14.6 Å². The number of nitrogens with zero attached hydrogens (tertiary/aromatic N) is 1. The number of carbonyl (C=O) groups excluding carboxylic acids is 1.